The molecule has 26 heavy (non-hydrogen) atoms. The molecule has 0 bridgehead atoms. The Kier molecular flexibility index (Phi) is 6.91. The van der Waals surface area contributed by atoms with E-state index in [1.807, 2.05) is 0 Å². The van der Waals surface area contributed by atoms with E-state index in [0.29, 0.717) is 24.0 Å². The molecule has 8 heteroatoms. The number of hydrogen-bond donors (Lipinski definition) is 1. The summed E-state index contributed by atoms with van der Waals surface area (Å²) in [5.74, 6) is -1.38. The van der Waals surface area contributed by atoms with Crippen molar-refractivity contribution in [2.45, 2.75) is 13.8 Å². The summed E-state index contributed by atoms with van der Waals surface area (Å²) in [5, 5.41) is 3.37. The van der Waals surface area contributed by atoms with Gasteiger partial charge in [-0.05, 0) is 26.0 Å². The number of ether oxygens (including phenoxy) is 1. The summed E-state index contributed by atoms with van der Waals surface area (Å²) in [6, 6.07) is 8.41. The zero-order valence-corrected chi connectivity index (χ0v) is 15.4. The second-order valence-electron chi connectivity index (χ2n) is 5.45. The standard InChI is InChI=1S/C18H20ClN3O4/c1-3-20-16(23)10-22(4-2)17(24)11-26-18(25)13-9-15(19)21-14-8-6-5-7-12(13)14/h5-9H,3-4,10-11H2,1-2H3,(H,20,23). The summed E-state index contributed by atoms with van der Waals surface area (Å²) in [4.78, 5) is 41.7. The number of aromatic nitrogens is 1. The first-order valence-electron chi connectivity index (χ1n) is 8.23. The normalized spacial score (nSPS) is 10.4. The van der Waals surface area contributed by atoms with Crippen LogP contribution in [0.4, 0.5) is 0 Å². The van der Waals surface area contributed by atoms with Crippen molar-refractivity contribution in [1.29, 1.82) is 0 Å². The predicted molar refractivity (Wildman–Crippen MR) is 98.0 cm³/mol. The van der Waals surface area contributed by atoms with Gasteiger partial charge in [0.1, 0.15) is 5.15 Å². The first-order valence-corrected chi connectivity index (χ1v) is 8.60. The molecular weight excluding hydrogens is 358 g/mol. The Balaban J connectivity index is 2.06. The van der Waals surface area contributed by atoms with Gasteiger partial charge in [0.15, 0.2) is 6.61 Å². The summed E-state index contributed by atoms with van der Waals surface area (Å²) in [6.45, 7) is 3.81. The van der Waals surface area contributed by atoms with Gasteiger partial charge in [0.05, 0.1) is 17.6 Å². The molecule has 0 saturated carbocycles. The zero-order chi connectivity index (χ0) is 19.1. The fraction of sp³-hybridized carbons (Fsp3) is 0.333. The molecular formula is C18H20ClN3O4. The van der Waals surface area contributed by atoms with Crippen LogP contribution in [0, 0.1) is 0 Å². The number of benzene rings is 1. The molecule has 7 nitrogen and oxygen atoms in total. The minimum atomic E-state index is -0.673. The number of nitrogens with one attached hydrogen (secondary N) is 1. The lowest BCUT2D eigenvalue weighted by molar-refractivity contribution is -0.138. The van der Waals surface area contributed by atoms with E-state index in [2.05, 4.69) is 10.3 Å². The molecule has 0 unspecified atom stereocenters. The molecule has 0 fully saturated rings. The Morgan fingerprint density at radius 3 is 2.65 bits per heavy atom. The highest BCUT2D eigenvalue weighted by atomic mass is 35.5. The van der Waals surface area contributed by atoms with Crippen molar-refractivity contribution >= 4 is 40.3 Å². The molecule has 138 valence electrons. The van der Waals surface area contributed by atoms with E-state index in [9.17, 15) is 14.4 Å². The maximum Gasteiger partial charge on any atom is 0.339 e. The molecule has 2 aromatic rings. The number of likely N-dealkylation sites (N-methyl/N-ethyl adjacent to an activating group) is 2. The van der Waals surface area contributed by atoms with Gasteiger partial charge >= 0.3 is 5.97 Å². The molecule has 2 amide bonds. The number of fused-ring (bicyclic) bond motifs is 1. The van der Waals surface area contributed by atoms with Crippen LogP contribution in [-0.2, 0) is 14.3 Å². The van der Waals surface area contributed by atoms with Crippen LogP contribution in [0.5, 0.6) is 0 Å². The van der Waals surface area contributed by atoms with E-state index >= 15 is 0 Å². The van der Waals surface area contributed by atoms with Crippen molar-refractivity contribution in [3.05, 3.63) is 41.0 Å². The van der Waals surface area contributed by atoms with Gasteiger partial charge in [-0.15, -0.1) is 0 Å². The highest BCUT2D eigenvalue weighted by molar-refractivity contribution is 6.30. The number of rotatable bonds is 7. The number of halogens is 1. The van der Waals surface area contributed by atoms with Gasteiger partial charge in [-0.25, -0.2) is 9.78 Å². The number of carbonyl (C=O) groups is 3. The third kappa shape index (κ3) is 4.92. The Labute approximate surface area is 156 Å². The van der Waals surface area contributed by atoms with E-state index in [0.717, 1.165) is 0 Å². The second kappa shape index (κ2) is 9.15. The van der Waals surface area contributed by atoms with Crippen LogP contribution in [0.15, 0.2) is 30.3 Å². The molecule has 0 spiro atoms. The van der Waals surface area contributed by atoms with Crippen molar-refractivity contribution in [1.82, 2.24) is 15.2 Å². The van der Waals surface area contributed by atoms with E-state index < -0.39 is 18.5 Å². The van der Waals surface area contributed by atoms with Crippen LogP contribution in [0.3, 0.4) is 0 Å². The SMILES string of the molecule is CCNC(=O)CN(CC)C(=O)COC(=O)c1cc(Cl)nc2ccccc12. The smallest absolute Gasteiger partial charge is 0.339 e. The maximum atomic E-state index is 12.4. The van der Waals surface area contributed by atoms with Crippen LogP contribution >= 0.6 is 11.6 Å². The molecule has 1 aromatic carbocycles. The van der Waals surface area contributed by atoms with Crippen molar-refractivity contribution in [2.75, 3.05) is 26.2 Å². The Bertz CT molecular complexity index is 825. The fourth-order valence-corrected chi connectivity index (χ4v) is 2.61. The lowest BCUT2D eigenvalue weighted by atomic mass is 10.1. The molecule has 0 aliphatic carbocycles. The first kappa shape index (κ1) is 19.7. The van der Waals surface area contributed by atoms with Crippen LogP contribution in [-0.4, -0.2) is 53.9 Å². The van der Waals surface area contributed by atoms with Gasteiger partial charge in [0.2, 0.25) is 5.91 Å². The minimum absolute atomic E-state index is 0.0786. The number of carbonyl (C=O) groups excluding carboxylic acids is 3. The van der Waals surface area contributed by atoms with Crippen molar-refractivity contribution < 1.29 is 19.1 Å². The van der Waals surface area contributed by atoms with Gasteiger partial charge in [0, 0.05) is 18.5 Å². The molecule has 0 aliphatic rings. The topological polar surface area (TPSA) is 88.6 Å². The number of hydrogen-bond acceptors (Lipinski definition) is 5. The summed E-state index contributed by atoms with van der Waals surface area (Å²) in [5.41, 5.74) is 0.796. The molecule has 0 atom stereocenters. The zero-order valence-electron chi connectivity index (χ0n) is 14.6. The highest BCUT2D eigenvalue weighted by Gasteiger charge is 2.19. The van der Waals surface area contributed by atoms with Gasteiger partial charge in [0.25, 0.3) is 5.91 Å². The predicted octanol–water partition coefficient (Wildman–Crippen LogP) is 2.03. The summed E-state index contributed by atoms with van der Waals surface area (Å²) in [6.07, 6.45) is 0. The van der Waals surface area contributed by atoms with E-state index in [1.165, 1.54) is 11.0 Å². The number of nitrogens with zero attached hydrogens (tertiary/aromatic N) is 2. The Morgan fingerprint density at radius 2 is 1.96 bits per heavy atom. The molecule has 1 N–H and O–H groups in total. The molecule has 1 aromatic heterocycles. The van der Waals surface area contributed by atoms with E-state index in [-0.39, 0.29) is 23.2 Å². The number of pyridine rings is 1. The van der Waals surface area contributed by atoms with Crippen LogP contribution in [0.2, 0.25) is 5.15 Å². The molecule has 1 heterocycles. The number of amides is 2. The Hall–Kier alpha value is -2.67. The molecule has 2 rings (SSSR count). The molecule has 0 aliphatic heterocycles. The minimum Gasteiger partial charge on any atom is -0.452 e. The Morgan fingerprint density at radius 1 is 1.23 bits per heavy atom. The van der Waals surface area contributed by atoms with Gasteiger partial charge in [-0.2, -0.15) is 0 Å². The quantitative estimate of drug-likeness (QED) is 0.589. The maximum absolute atomic E-state index is 12.4. The summed E-state index contributed by atoms with van der Waals surface area (Å²) in [7, 11) is 0. The number of para-hydroxylation sites is 1. The van der Waals surface area contributed by atoms with Crippen LogP contribution < -0.4 is 5.32 Å². The lowest BCUT2D eigenvalue weighted by Crippen LogP contribution is -2.42. The third-order valence-corrected chi connectivity index (χ3v) is 3.87. The largest absolute Gasteiger partial charge is 0.452 e. The van der Waals surface area contributed by atoms with Gasteiger partial charge in [-0.3, -0.25) is 9.59 Å². The molecule has 0 saturated heterocycles. The average molecular weight is 378 g/mol. The summed E-state index contributed by atoms with van der Waals surface area (Å²) >= 11 is 5.95. The van der Waals surface area contributed by atoms with Gasteiger partial charge in [-0.1, -0.05) is 29.8 Å². The van der Waals surface area contributed by atoms with E-state index in [4.69, 9.17) is 16.3 Å². The van der Waals surface area contributed by atoms with Crippen molar-refractivity contribution in [3.63, 3.8) is 0 Å². The van der Waals surface area contributed by atoms with Crippen LogP contribution in [0.25, 0.3) is 10.9 Å². The van der Waals surface area contributed by atoms with Crippen molar-refractivity contribution in [3.8, 4) is 0 Å². The summed E-state index contributed by atoms with van der Waals surface area (Å²) < 4.78 is 5.13. The van der Waals surface area contributed by atoms with Crippen LogP contribution in [0.1, 0.15) is 24.2 Å². The monoisotopic (exact) mass is 377 g/mol. The first-order chi connectivity index (χ1) is 12.5. The average Bonchev–Trinajstić information content (AvgIpc) is 2.63. The van der Waals surface area contributed by atoms with E-state index in [1.54, 1.807) is 38.1 Å². The third-order valence-electron chi connectivity index (χ3n) is 3.67. The highest BCUT2D eigenvalue weighted by Crippen LogP contribution is 2.21. The van der Waals surface area contributed by atoms with Crippen molar-refractivity contribution in [2.24, 2.45) is 0 Å². The van der Waals surface area contributed by atoms with Gasteiger partial charge < -0.3 is 15.0 Å². The number of esters is 1. The second-order valence-corrected chi connectivity index (χ2v) is 5.83. The fourth-order valence-electron chi connectivity index (χ4n) is 2.41. The lowest BCUT2D eigenvalue weighted by Gasteiger charge is -2.20. The molecule has 0 radical (unpaired) electrons.